The lowest BCUT2D eigenvalue weighted by molar-refractivity contribution is -0.133. The first kappa shape index (κ1) is 14.6. The highest BCUT2D eigenvalue weighted by Crippen LogP contribution is 2.53. The van der Waals surface area contributed by atoms with Crippen LogP contribution in [0.5, 0.6) is 5.75 Å². The molecule has 0 spiro atoms. The molecule has 0 saturated heterocycles. The molecule has 2 rings (SSSR count). The Balaban J connectivity index is 2.26. The molecule has 1 aliphatic carbocycles. The minimum atomic E-state index is -0.163. The number of nitrogens with zero attached hydrogens (tertiary/aromatic N) is 1. The summed E-state index contributed by atoms with van der Waals surface area (Å²) in [5.74, 6) is 1.07. The highest BCUT2D eigenvalue weighted by Gasteiger charge is 2.51. The molecule has 1 aromatic carbocycles. The zero-order chi connectivity index (χ0) is 14.6. The number of hydrogen-bond acceptors (Lipinski definition) is 2. The van der Waals surface area contributed by atoms with Gasteiger partial charge in [0.15, 0.2) is 0 Å². The highest BCUT2D eigenvalue weighted by atomic mass is 16.5. The fourth-order valence-corrected chi connectivity index (χ4v) is 2.65. The predicted octanol–water partition coefficient (Wildman–Crippen LogP) is 3.50. The molecule has 1 aliphatic rings. The summed E-state index contributed by atoms with van der Waals surface area (Å²) in [6.07, 6.45) is 5.24. The third-order valence-corrected chi connectivity index (χ3v) is 3.95. The Labute approximate surface area is 121 Å². The van der Waals surface area contributed by atoms with E-state index in [2.05, 4.69) is 12.6 Å². The summed E-state index contributed by atoms with van der Waals surface area (Å²) in [6, 6.07) is 8.01. The molecule has 0 bridgehead atoms. The van der Waals surface area contributed by atoms with Crippen LogP contribution in [0.1, 0.15) is 38.2 Å². The summed E-state index contributed by atoms with van der Waals surface area (Å²) >= 11 is 0. The SMILES string of the molecule is C=CCOc1ccccc1C1(N(C)C(=O)CCC)CC1. The monoisotopic (exact) mass is 273 g/mol. The quantitative estimate of drug-likeness (QED) is 0.712. The molecule has 20 heavy (non-hydrogen) atoms. The average molecular weight is 273 g/mol. The molecule has 0 atom stereocenters. The van der Waals surface area contributed by atoms with Crippen LogP contribution >= 0.6 is 0 Å². The van der Waals surface area contributed by atoms with Crippen LogP contribution in [0, 0.1) is 0 Å². The van der Waals surface area contributed by atoms with Gasteiger partial charge in [-0.3, -0.25) is 4.79 Å². The van der Waals surface area contributed by atoms with Crippen molar-refractivity contribution in [2.24, 2.45) is 0 Å². The summed E-state index contributed by atoms with van der Waals surface area (Å²) in [5.41, 5.74) is 0.957. The van der Waals surface area contributed by atoms with Crippen molar-refractivity contribution in [3.8, 4) is 5.75 Å². The minimum Gasteiger partial charge on any atom is -0.489 e. The molecule has 0 aliphatic heterocycles. The molecule has 3 heteroatoms. The van der Waals surface area contributed by atoms with Crippen LogP contribution < -0.4 is 4.74 Å². The van der Waals surface area contributed by atoms with Crippen molar-refractivity contribution in [3.05, 3.63) is 42.5 Å². The molecule has 3 nitrogen and oxygen atoms in total. The van der Waals surface area contributed by atoms with E-state index in [0.717, 1.165) is 30.6 Å². The molecule has 0 heterocycles. The molecule has 0 aromatic heterocycles. The van der Waals surface area contributed by atoms with E-state index in [1.165, 1.54) is 0 Å². The molecule has 1 saturated carbocycles. The lowest BCUT2D eigenvalue weighted by atomic mass is 10.0. The third kappa shape index (κ3) is 2.72. The molecule has 0 unspecified atom stereocenters. The van der Waals surface area contributed by atoms with Gasteiger partial charge in [0.05, 0.1) is 5.54 Å². The fraction of sp³-hybridized carbons (Fsp3) is 0.471. The van der Waals surface area contributed by atoms with Crippen LogP contribution in [-0.4, -0.2) is 24.5 Å². The van der Waals surface area contributed by atoms with Crippen LogP contribution in [0.25, 0.3) is 0 Å². The summed E-state index contributed by atoms with van der Waals surface area (Å²) in [6.45, 7) is 6.20. The third-order valence-electron chi connectivity index (χ3n) is 3.95. The smallest absolute Gasteiger partial charge is 0.223 e. The van der Waals surface area contributed by atoms with Gasteiger partial charge in [0, 0.05) is 19.0 Å². The summed E-state index contributed by atoms with van der Waals surface area (Å²) in [4.78, 5) is 14.1. The Morgan fingerprint density at radius 2 is 2.15 bits per heavy atom. The molecule has 0 radical (unpaired) electrons. The van der Waals surface area contributed by atoms with E-state index in [9.17, 15) is 4.79 Å². The van der Waals surface area contributed by atoms with E-state index in [1.54, 1.807) is 6.08 Å². The number of ether oxygens (including phenoxy) is 1. The Morgan fingerprint density at radius 1 is 1.45 bits per heavy atom. The Morgan fingerprint density at radius 3 is 2.75 bits per heavy atom. The maximum atomic E-state index is 12.2. The highest BCUT2D eigenvalue weighted by molar-refractivity contribution is 5.77. The number of carbonyl (C=O) groups is 1. The van der Waals surface area contributed by atoms with Crippen molar-refractivity contribution in [1.29, 1.82) is 0 Å². The van der Waals surface area contributed by atoms with Gasteiger partial charge in [0.1, 0.15) is 12.4 Å². The Bertz CT molecular complexity index is 492. The normalized spacial score (nSPS) is 15.5. The van der Waals surface area contributed by atoms with Crippen LogP contribution in [0.15, 0.2) is 36.9 Å². The van der Waals surface area contributed by atoms with Crippen molar-refractivity contribution in [1.82, 2.24) is 4.90 Å². The second kappa shape index (κ2) is 6.12. The molecule has 108 valence electrons. The van der Waals surface area contributed by atoms with Gasteiger partial charge in [-0.05, 0) is 25.3 Å². The number of carbonyl (C=O) groups excluding carboxylic acids is 1. The van der Waals surface area contributed by atoms with Gasteiger partial charge in [0.25, 0.3) is 0 Å². The topological polar surface area (TPSA) is 29.5 Å². The zero-order valence-electron chi connectivity index (χ0n) is 12.4. The largest absolute Gasteiger partial charge is 0.489 e. The van der Waals surface area contributed by atoms with E-state index in [1.807, 2.05) is 37.1 Å². The maximum absolute atomic E-state index is 12.2. The van der Waals surface area contributed by atoms with Crippen molar-refractivity contribution in [2.75, 3.05) is 13.7 Å². The second-order valence-corrected chi connectivity index (χ2v) is 5.33. The molecule has 1 amide bonds. The Hall–Kier alpha value is -1.77. The molecule has 1 fully saturated rings. The molecular formula is C17H23NO2. The van der Waals surface area contributed by atoms with Crippen LogP contribution in [0.3, 0.4) is 0 Å². The van der Waals surface area contributed by atoms with Crippen LogP contribution in [-0.2, 0) is 10.3 Å². The average Bonchev–Trinajstić information content (AvgIpc) is 3.26. The van der Waals surface area contributed by atoms with Gasteiger partial charge in [-0.2, -0.15) is 0 Å². The number of hydrogen-bond donors (Lipinski definition) is 0. The summed E-state index contributed by atoms with van der Waals surface area (Å²) in [7, 11) is 1.91. The number of benzene rings is 1. The standard InChI is InChI=1S/C17H23NO2/c1-4-8-16(19)18(3)17(11-12-17)14-9-6-7-10-15(14)20-13-5-2/h5-7,9-10H,2,4,8,11-13H2,1,3H3. The molecule has 1 aromatic rings. The second-order valence-electron chi connectivity index (χ2n) is 5.33. The van der Waals surface area contributed by atoms with Gasteiger partial charge >= 0.3 is 0 Å². The summed E-state index contributed by atoms with van der Waals surface area (Å²) < 4.78 is 5.75. The van der Waals surface area contributed by atoms with Gasteiger partial charge < -0.3 is 9.64 Å². The number of para-hydroxylation sites is 1. The lowest BCUT2D eigenvalue weighted by Gasteiger charge is -2.30. The van der Waals surface area contributed by atoms with E-state index in [0.29, 0.717) is 13.0 Å². The van der Waals surface area contributed by atoms with Gasteiger partial charge in [0.2, 0.25) is 5.91 Å². The van der Waals surface area contributed by atoms with Crippen molar-refractivity contribution in [2.45, 2.75) is 38.1 Å². The van der Waals surface area contributed by atoms with Crippen LogP contribution in [0.4, 0.5) is 0 Å². The fourth-order valence-electron chi connectivity index (χ4n) is 2.65. The van der Waals surface area contributed by atoms with E-state index in [4.69, 9.17) is 4.74 Å². The van der Waals surface area contributed by atoms with Crippen molar-refractivity contribution < 1.29 is 9.53 Å². The first-order chi connectivity index (χ1) is 9.65. The van der Waals surface area contributed by atoms with Crippen LogP contribution in [0.2, 0.25) is 0 Å². The molecule has 0 N–H and O–H groups in total. The maximum Gasteiger partial charge on any atom is 0.223 e. The number of amides is 1. The van der Waals surface area contributed by atoms with E-state index < -0.39 is 0 Å². The van der Waals surface area contributed by atoms with Gasteiger partial charge in [-0.1, -0.05) is 37.8 Å². The summed E-state index contributed by atoms with van der Waals surface area (Å²) in [5, 5.41) is 0. The van der Waals surface area contributed by atoms with Crippen molar-refractivity contribution in [3.63, 3.8) is 0 Å². The van der Waals surface area contributed by atoms with Gasteiger partial charge in [-0.15, -0.1) is 0 Å². The first-order valence-electron chi connectivity index (χ1n) is 7.25. The van der Waals surface area contributed by atoms with E-state index in [-0.39, 0.29) is 11.4 Å². The Kier molecular flexibility index (Phi) is 4.48. The predicted molar refractivity (Wildman–Crippen MR) is 80.7 cm³/mol. The zero-order valence-corrected chi connectivity index (χ0v) is 12.4. The van der Waals surface area contributed by atoms with E-state index >= 15 is 0 Å². The van der Waals surface area contributed by atoms with Gasteiger partial charge in [-0.25, -0.2) is 0 Å². The molecular weight excluding hydrogens is 250 g/mol. The minimum absolute atomic E-state index is 0.163. The first-order valence-corrected chi connectivity index (χ1v) is 7.25. The number of rotatable bonds is 7. The lowest BCUT2D eigenvalue weighted by Crippen LogP contribution is -2.37. The van der Waals surface area contributed by atoms with Crippen molar-refractivity contribution >= 4 is 5.91 Å².